The Morgan fingerprint density at radius 1 is 1.20 bits per heavy atom. The number of carbonyl (C=O) groups excluding carboxylic acids is 2. The van der Waals surface area contributed by atoms with Crippen LogP contribution in [0, 0.1) is 5.92 Å². The molecule has 9 heteroatoms. The summed E-state index contributed by atoms with van der Waals surface area (Å²) in [6.45, 7) is 9.06. The molecule has 1 saturated carbocycles. The molecule has 2 bridgehead atoms. The molecule has 3 aliphatic rings. The third-order valence-electron chi connectivity index (χ3n) is 6.02. The monoisotopic (exact) mass is 436 g/mol. The Labute approximate surface area is 181 Å². The zero-order valence-electron chi connectivity index (χ0n) is 18.3. The van der Waals surface area contributed by atoms with Gasteiger partial charge in [-0.15, -0.1) is 10.2 Å². The minimum absolute atomic E-state index is 0.0264. The molecule has 8 nitrogen and oxygen atoms in total. The van der Waals surface area contributed by atoms with E-state index in [1.807, 2.05) is 25.7 Å². The van der Waals surface area contributed by atoms with Crippen LogP contribution in [0.1, 0.15) is 88.2 Å². The molecule has 0 unspecified atom stereocenters. The van der Waals surface area contributed by atoms with Gasteiger partial charge in [-0.1, -0.05) is 24.7 Å². The summed E-state index contributed by atoms with van der Waals surface area (Å²) in [7, 11) is 0. The van der Waals surface area contributed by atoms with Crippen molar-refractivity contribution < 1.29 is 19.2 Å². The fourth-order valence-corrected chi connectivity index (χ4v) is 5.42. The molecule has 1 aromatic heterocycles. The second-order valence-electron chi connectivity index (χ2n) is 9.57. The normalized spacial score (nSPS) is 28.6. The molecule has 1 aliphatic carbocycles. The molecule has 30 heavy (non-hydrogen) atoms. The van der Waals surface area contributed by atoms with Gasteiger partial charge in [-0.2, -0.15) is 5.06 Å². The van der Waals surface area contributed by atoms with E-state index in [1.165, 1.54) is 0 Å². The van der Waals surface area contributed by atoms with Gasteiger partial charge in [-0.25, -0.2) is 4.79 Å². The van der Waals surface area contributed by atoms with E-state index >= 15 is 0 Å². The molecule has 0 radical (unpaired) electrons. The highest BCUT2D eigenvalue weighted by molar-refractivity contribution is 7.11. The molecule has 0 aromatic carbocycles. The molecule has 2 atom stereocenters. The number of urea groups is 1. The molecule has 2 saturated heterocycles. The van der Waals surface area contributed by atoms with Gasteiger partial charge < -0.3 is 9.64 Å². The standard InChI is InChI=1S/C21H32N4O4S/c1-5-6-9-28-25-15-7-8-16(24(12-15)20(25)27)18-23-22-17(30-18)13-10-14(11-13)19(26)29-21(2,3)4/h13-16H,5-12H2,1-4H3/t13-,14-,15-,16-/m0/s1. The Morgan fingerprint density at radius 2 is 1.93 bits per heavy atom. The molecule has 0 N–H and O–H groups in total. The van der Waals surface area contributed by atoms with Crippen molar-refractivity contribution in [1.82, 2.24) is 20.2 Å². The van der Waals surface area contributed by atoms with Crippen LogP contribution in [0.3, 0.4) is 0 Å². The summed E-state index contributed by atoms with van der Waals surface area (Å²) >= 11 is 1.59. The molecule has 2 amide bonds. The second-order valence-corrected chi connectivity index (χ2v) is 10.6. The Morgan fingerprint density at radius 3 is 2.63 bits per heavy atom. The van der Waals surface area contributed by atoms with Gasteiger partial charge in [0.25, 0.3) is 0 Å². The van der Waals surface area contributed by atoms with Gasteiger partial charge in [0.15, 0.2) is 0 Å². The first-order valence-corrected chi connectivity index (χ1v) is 11.9. The van der Waals surface area contributed by atoms with Crippen LogP contribution in [0.25, 0.3) is 0 Å². The number of unbranched alkanes of at least 4 members (excludes halogenated alkanes) is 1. The number of ether oxygens (including phenoxy) is 1. The highest BCUT2D eigenvalue weighted by atomic mass is 32.1. The minimum Gasteiger partial charge on any atom is -0.460 e. The Hall–Kier alpha value is -1.74. The third-order valence-corrected chi connectivity index (χ3v) is 7.21. The van der Waals surface area contributed by atoms with Crippen LogP contribution in [0.5, 0.6) is 0 Å². The fraction of sp³-hybridized carbons (Fsp3) is 0.810. The average Bonchev–Trinajstić information content (AvgIpc) is 3.19. The van der Waals surface area contributed by atoms with Gasteiger partial charge in [0.1, 0.15) is 15.6 Å². The van der Waals surface area contributed by atoms with Gasteiger partial charge in [-0.3, -0.25) is 9.63 Å². The van der Waals surface area contributed by atoms with Crippen molar-refractivity contribution in [2.75, 3.05) is 13.2 Å². The number of hydroxylamine groups is 2. The van der Waals surface area contributed by atoms with Crippen molar-refractivity contribution >= 4 is 23.3 Å². The summed E-state index contributed by atoms with van der Waals surface area (Å²) in [5, 5.41) is 12.3. The molecule has 4 rings (SSSR count). The van der Waals surface area contributed by atoms with E-state index in [1.54, 1.807) is 16.4 Å². The quantitative estimate of drug-likeness (QED) is 0.474. The van der Waals surface area contributed by atoms with Crippen LogP contribution in [-0.2, 0) is 14.4 Å². The first kappa shape index (κ1) is 21.5. The van der Waals surface area contributed by atoms with E-state index in [9.17, 15) is 9.59 Å². The smallest absolute Gasteiger partial charge is 0.344 e. The third kappa shape index (κ3) is 4.32. The fourth-order valence-electron chi connectivity index (χ4n) is 4.31. The lowest BCUT2D eigenvalue weighted by molar-refractivity contribution is -0.163. The predicted octanol–water partition coefficient (Wildman–Crippen LogP) is 4.05. The van der Waals surface area contributed by atoms with Crippen molar-refractivity contribution in [2.45, 2.75) is 89.8 Å². The number of carbonyl (C=O) groups is 2. The van der Waals surface area contributed by atoms with E-state index in [4.69, 9.17) is 9.57 Å². The Balaban J connectivity index is 1.34. The first-order valence-electron chi connectivity index (χ1n) is 11.1. The van der Waals surface area contributed by atoms with Crippen molar-refractivity contribution in [1.29, 1.82) is 0 Å². The van der Waals surface area contributed by atoms with E-state index in [0.717, 1.165) is 48.5 Å². The summed E-state index contributed by atoms with van der Waals surface area (Å²) in [6.07, 6.45) is 5.31. The Bertz CT molecular complexity index is 786. The topological polar surface area (TPSA) is 84.9 Å². The molecular formula is C21H32N4O4S. The van der Waals surface area contributed by atoms with Crippen LogP contribution in [-0.4, -0.2) is 57.0 Å². The van der Waals surface area contributed by atoms with Crippen LogP contribution in [0.2, 0.25) is 0 Å². The average molecular weight is 437 g/mol. The van der Waals surface area contributed by atoms with Gasteiger partial charge >= 0.3 is 12.0 Å². The van der Waals surface area contributed by atoms with E-state index in [2.05, 4.69) is 17.1 Å². The summed E-state index contributed by atoms with van der Waals surface area (Å²) in [4.78, 5) is 32.7. The van der Waals surface area contributed by atoms with Gasteiger partial charge in [0, 0.05) is 12.5 Å². The van der Waals surface area contributed by atoms with Crippen molar-refractivity contribution in [2.24, 2.45) is 5.92 Å². The highest BCUT2D eigenvalue weighted by Gasteiger charge is 2.47. The van der Waals surface area contributed by atoms with E-state index in [0.29, 0.717) is 13.2 Å². The van der Waals surface area contributed by atoms with Crippen molar-refractivity contribution in [3.8, 4) is 0 Å². The second kappa shape index (κ2) is 8.42. The SMILES string of the molecule is CCCCON1C(=O)N2C[C@@H]1CC[C@H]2c1nnc([C@H]2C[C@H](C(=O)OC(C)(C)C)C2)s1. The van der Waals surface area contributed by atoms with Gasteiger partial charge in [0.05, 0.1) is 24.6 Å². The number of amides is 2. The number of esters is 1. The van der Waals surface area contributed by atoms with Crippen molar-refractivity contribution in [3.05, 3.63) is 10.0 Å². The molecule has 1 aromatic rings. The maximum absolute atomic E-state index is 12.8. The zero-order chi connectivity index (χ0) is 21.5. The number of aromatic nitrogens is 2. The molecular weight excluding hydrogens is 404 g/mol. The molecule has 166 valence electrons. The molecule has 2 aliphatic heterocycles. The molecule has 3 heterocycles. The summed E-state index contributed by atoms with van der Waals surface area (Å²) < 4.78 is 5.48. The summed E-state index contributed by atoms with van der Waals surface area (Å²) in [6, 6.07) is 0.0599. The summed E-state index contributed by atoms with van der Waals surface area (Å²) in [5.41, 5.74) is -0.451. The minimum atomic E-state index is -0.451. The molecule has 0 spiro atoms. The highest BCUT2D eigenvalue weighted by Crippen LogP contribution is 2.46. The van der Waals surface area contributed by atoms with Crippen LogP contribution in [0.15, 0.2) is 0 Å². The predicted molar refractivity (Wildman–Crippen MR) is 112 cm³/mol. The molecule has 3 fully saturated rings. The maximum atomic E-state index is 12.8. The lowest BCUT2D eigenvalue weighted by Gasteiger charge is -2.34. The lowest BCUT2D eigenvalue weighted by Crippen LogP contribution is -2.35. The number of hydrogen-bond acceptors (Lipinski definition) is 7. The summed E-state index contributed by atoms with van der Waals surface area (Å²) in [5.74, 6) is 0.0897. The van der Waals surface area contributed by atoms with Crippen LogP contribution in [0.4, 0.5) is 4.79 Å². The van der Waals surface area contributed by atoms with E-state index < -0.39 is 5.60 Å². The van der Waals surface area contributed by atoms with Crippen LogP contribution < -0.4 is 0 Å². The van der Waals surface area contributed by atoms with E-state index in [-0.39, 0.29) is 35.9 Å². The lowest BCUT2D eigenvalue weighted by atomic mass is 9.75. The number of fused-ring (bicyclic) bond motifs is 2. The number of nitrogens with zero attached hydrogens (tertiary/aromatic N) is 4. The van der Waals surface area contributed by atoms with Crippen LogP contribution >= 0.6 is 11.3 Å². The zero-order valence-corrected chi connectivity index (χ0v) is 19.1. The van der Waals surface area contributed by atoms with Gasteiger partial charge in [0.2, 0.25) is 0 Å². The van der Waals surface area contributed by atoms with Gasteiger partial charge in [-0.05, 0) is 52.9 Å². The Kier molecular flexibility index (Phi) is 6.03. The number of hydrogen-bond donors (Lipinski definition) is 0. The number of piperidine rings is 1. The maximum Gasteiger partial charge on any atom is 0.344 e. The largest absolute Gasteiger partial charge is 0.460 e. The number of rotatable bonds is 7. The first-order chi connectivity index (χ1) is 14.3. The van der Waals surface area contributed by atoms with Crippen molar-refractivity contribution in [3.63, 3.8) is 0 Å².